The number of amides is 1. The SMILES string of the molecule is O=C(NO)[C@@H](O)CCc1ccccc1. The molecule has 1 rings (SSSR count). The van der Waals surface area contributed by atoms with Gasteiger partial charge >= 0.3 is 0 Å². The maximum Gasteiger partial charge on any atom is 0.272 e. The second-order valence-electron chi connectivity index (χ2n) is 3.02. The second kappa shape index (κ2) is 5.36. The number of carbonyl (C=O) groups is 1. The number of hydrogen-bond acceptors (Lipinski definition) is 3. The lowest BCUT2D eigenvalue weighted by atomic mass is 10.1. The van der Waals surface area contributed by atoms with E-state index in [0.717, 1.165) is 5.56 Å². The van der Waals surface area contributed by atoms with Crippen LogP contribution < -0.4 is 5.48 Å². The van der Waals surface area contributed by atoms with Crippen LogP contribution in [0.3, 0.4) is 0 Å². The Kier molecular flexibility index (Phi) is 4.10. The highest BCUT2D eigenvalue weighted by molar-refractivity contribution is 5.79. The van der Waals surface area contributed by atoms with Gasteiger partial charge in [-0.25, -0.2) is 5.48 Å². The van der Waals surface area contributed by atoms with E-state index in [0.29, 0.717) is 12.8 Å². The molecule has 0 unspecified atom stereocenters. The molecule has 0 aliphatic heterocycles. The van der Waals surface area contributed by atoms with E-state index < -0.39 is 12.0 Å². The Bertz CT molecular complexity index is 287. The molecule has 1 atom stereocenters. The number of carbonyl (C=O) groups excluding carboxylic acids is 1. The van der Waals surface area contributed by atoms with Crippen molar-refractivity contribution >= 4 is 5.91 Å². The molecule has 14 heavy (non-hydrogen) atoms. The van der Waals surface area contributed by atoms with Crippen LogP contribution in [-0.2, 0) is 11.2 Å². The molecule has 1 aromatic carbocycles. The van der Waals surface area contributed by atoms with Gasteiger partial charge in [0.15, 0.2) is 0 Å². The molecule has 0 saturated carbocycles. The highest BCUT2D eigenvalue weighted by Crippen LogP contribution is 2.04. The van der Waals surface area contributed by atoms with Gasteiger partial charge in [-0.1, -0.05) is 30.3 Å². The topological polar surface area (TPSA) is 69.6 Å². The Hall–Kier alpha value is -1.39. The Balaban J connectivity index is 2.38. The van der Waals surface area contributed by atoms with Crippen molar-refractivity contribution in [2.75, 3.05) is 0 Å². The highest BCUT2D eigenvalue weighted by Gasteiger charge is 2.13. The van der Waals surface area contributed by atoms with E-state index in [1.807, 2.05) is 30.3 Å². The van der Waals surface area contributed by atoms with Crippen LogP contribution in [0.5, 0.6) is 0 Å². The number of aliphatic hydroxyl groups is 1. The zero-order chi connectivity index (χ0) is 10.4. The number of aliphatic hydroxyl groups excluding tert-OH is 1. The summed E-state index contributed by atoms with van der Waals surface area (Å²) in [7, 11) is 0. The molecule has 4 nitrogen and oxygen atoms in total. The predicted octanol–water partition coefficient (Wildman–Crippen LogP) is 0.485. The Morgan fingerprint density at radius 3 is 2.57 bits per heavy atom. The Labute approximate surface area is 82.1 Å². The first-order valence-corrected chi connectivity index (χ1v) is 4.40. The minimum Gasteiger partial charge on any atom is -0.383 e. The lowest BCUT2D eigenvalue weighted by molar-refractivity contribution is -0.138. The summed E-state index contributed by atoms with van der Waals surface area (Å²) in [4.78, 5) is 10.7. The highest BCUT2D eigenvalue weighted by atomic mass is 16.5. The fourth-order valence-electron chi connectivity index (χ4n) is 1.15. The van der Waals surface area contributed by atoms with E-state index in [9.17, 15) is 9.90 Å². The van der Waals surface area contributed by atoms with Crippen molar-refractivity contribution in [3.63, 3.8) is 0 Å². The average molecular weight is 195 g/mol. The predicted molar refractivity (Wildman–Crippen MR) is 50.7 cm³/mol. The van der Waals surface area contributed by atoms with Gasteiger partial charge in [0.05, 0.1) is 0 Å². The maximum absolute atomic E-state index is 10.7. The van der Waals surface area contributed by atoms with Crippen molar-refractivity contribution in [3.05, 3.63) is 35.9 Å². The summed E-state index contributed by atoms with van der Waals surface area (Å²) in [5.74, 6) is -0.763. The molecular weight excluding hydrogens is 182 g/mol. The van der Waals surface area contributed by atoms with Gasteiger partial charge in [-0.3, -0.25) is 10.0 Å². The average Bonchev–Trinajstić information content (AvgIpc) is 2.26. The van der Waals surface area contributed by atoms with Crippen molar-refractivity contribution in [2.24, 2.45) is 0 Å². The monoisotopic (exact) mass is 195 g/mol. The third kappa shape index (κ3) is 3.16. The molecular formula is C10H13NO3. The first kappa shape index (κ1) is 10.7. The number of aryl methyl sites for hydroxylation is 1. The van der Waals surface area contributed by atoms with E-state index in [4.69, 9.17) is 5.21 Å². The fraction of sp³-hybridized carbons (Fsp3) is 0.300. The van der Waals surface area contributed by atoms with Crippen molar-refractivity contribution in [2.45, 2.75) is 18.9 Å². The van der Waals surface area contributed by atoms with E-state index in [-0.39, 0.29) is 0 Å². The van der Waals surface area contributed by atoms with Crippen LogP contribution in [-0.4, -0.2) is 22.3 Å². The molecule has 4 heteroatoms. The molecule has 0 fully saturated rings. The molecule has 3 N–H and O–H groups in total. The van der Waals surface area contributed by atoms with Gasteiger partial charge in [0.25, 0.3) is 5.91 Å². The van der Waals surface area contributed by atoms with Crippen molar-refractivity contribution < 1.29 is 15.1 Å². The molecule has 0 saturated heterocycles. The van der Waals surface area contributed by atoms with Crippen molar-refractivity contribution in [3.8, 4) is 0 Å². The molecule has 0 bridgehead atoms. The van der Waals surface area contributed by atoms with E-state index >= 15 is 0 Å². The maximum atomic E-state index is 10.7. The fourth-order valence-corrected chi connectivity index (χ4v) is 1.15. The molecule has 0 aromatic heterocycles. The lowest BCUT2D eigenvalue weighted by Crippen LogP contribution is -2.32. The van der Waals surface area contributed by atoms with Gasteiger partial charge in [0.1, 0.15) is 6.10 Å². The molecule has 76 valence electrons. The number of hydrogen-bond donors (Lipinski definition) is 3. The summed E-state index contributed by atoms with van der Waals surface area (Å²) in [5.41, 5.74) is 2.47. The molecule has 1 amide bonds. The van der Waals surface area contributed by atoms with Crippen LogP contribution in [0, 0.1) is 0 Å². The summed E-state index contributed by atoms with van der Waals surface area (Å²) >= 11 is 0. The third-order valence-electron chi connectivity index (χ3n) is 1.96. The van der Waals surface area contributed by atoms with Gasteiger partial charge in [-0.2, -0.15) is 0 Å². The van der Waals surface area contributed by atoms with Crippen LogP contribution in [0.1, 0.15) is 12.0 Å². The largest absolute Gasteiger partial charge is 0.383 e. The zero-order valence-corrected chi connectivity index (χ0v) is 7.68. The van der Waals surface area contributed by atoms with Gasteiger partial charge in [0.2, 0.25) is 0 Å². The van der Waals surface area contributed by atoms with Crippen molar-refractivity contribution in [1.82, 2.24) is 5.48 Å². The van der Waals surface area contributed by atoms with E-state index in [1.165, 1.54) is 5.48 Å². The third-order valence-corrected chi connectivity index (χ3v) is 1.96. The molecule has 1 aromatic rings. The summed E-state index contributed by atoms with van der Waals surface area (Å²) < 4.78 is 0. The number of benzene rings is 1. The second-order valence-corrected chi connectivity index (χ2v) is 3.02. The first-order chi connectivity index (χ1) is 6.74. The Morgan fingerprint density at radius 1 is 1.36 bits per heavy atom. The summed E-state index contributed by atoms with van der Waals surface area (Å²) in [6, 6.07) is 9.54. The first-order valence-electron chi connectivity index (χ1n) is 4.40. The van der Waals surface area contributed by atoms with Gasteiger partial charge in [-0.15, -0.1) is 0 Å². The molecule has 0 radical (unpaired) electrons. The number of hydroxylamine groups is 1. The minimum absolute atomic E-state index is 0.302. The molecule has 0 aliphatic carbocycles. The van der Waals surface area contributed by atoms with Crippen LogP contribution in [0.4, 0.5) is 0 Å². The number of rotatable bonds is 4. The van der Waals surface area contributed by atoms with Crippen LogP contribution in [0.25, 0.3) is 0 Å². The van der Waals surface area contributed by atoms with Crippen LogP contribution >= 0.6 is 0 Å². The summed E-state index contributed by atoms with van der Waals surface area (Å²) in [6.07, 6.45) is -0.244. The van der Waals surface area contributed by atoms with E-state index in [2.05, 4.69) is 0 Å². The standard InChI is InChI=1S/C10H13NO3/c12-9(10(13)11-14)7-6-8-4-2-1-3-5-8/h1-5,9,12,14H,6-7H2,(H,11,13)/t9-/m0/s1. The zero-order valence-electron chi connectivity index (χ0n) is 7.68. The minimum atomic E-state index is -1.15. The van der Waals surface area contributed by atoms with E-state index in [1.54, 1.807) is 0 Å². The summed E-state index contributed by atoms with van der Waals surface area (Å²) in [6.45, 7) is 0. The molecule has 0 aliphatic rings. The quantitative estimate of drug-likeness (QED) is 0.483. The normalized spacial score (nSPS) is 12.1. The van der Waals surface area contributed by atoms with Crippen LogP contribution in [0.2, 0.25) is 0 Å². The number of nitrogens with one attached hydrogen (secondary N) is 1. The lowest BCUT2D eigenvalue weighted by Gasteiger charge is -2.07. The smallest absolute Gasteiger partial charge is 0.272 e. The van der Waals surface area contributed by atoms with Gasteiger partial charge < -0.3 is 5.11 Å². The van der Waals surface area contributed by atoms with Crippen molar-refractivity contribution in [1.29, 1.82) is 0 Å². The van der Waals surface area contributed by atoms with Gasteiger partial charge in [0, 0.05) is 0 Å². The molecule has 0 spiro atoms. The van der Waals surface area contributed by atoms with Gasteiger partial charge in [-0.05, 0) is 18.4 Å². The molecule has 0 heterocycles. The summed E-state index contributed by atoms with van der Waals surface area (Å²) in [5, 5.41) is 17.4. The Morgan fingerprint density at radius 2 is 2.00 bits per heavy atom. The van der Waals surface area contributed by atoms with Crippen LogP contribution in [0.15, 0.2) is 30.3 Å².